The highest BCUT2D eigenvalue weighted by atomic mass is 16.6. The number of nitrogens with zero attached hydrogens (tertiary/aromatic N) is 1. The van der Waals surface area contributed by atoms with Gasteiger partial charge < -0.3 is 10.1 Å². The van der Waals surface area contributed by atoms with Crippen LogP contribution < -0.4 is 15.4 Å². The van der Waals surface area contributed by atoms with E-state index in [0.29, 0.717) is 25.0 Å². The van der Waals surface area contributed by atoms with Crippen molar-refractivity contribution in [2.24, 2.45) is 0 Å². The van der Waals surface area contributed by atoms with Gasteiger partial charge in [-0.1, -0.05) is 30.7 Å². The standard InChI is InChI=1S/C27H27N3O7/c31-18(16-28-27(36)37-19-9-5-2-6-10-19)8-4-1-3-7-17-11-12-20-21(15-17)26(35)30(25(20)34)22-13-14-23(32)29-24(22)33/h2,5-6,9-12,15,22H,1,3-4,7-8,13-14,16H2,(H,28,36)(H,29,32,33). The molecular weight excluding hydrogens is 478 g/mol. The number of para-hydroxylation sites is 1. The number of fused-ring (bicyclic) bond motifs is 1. The lowest BCUT2D eigenvalue weighted by molar-refractivity contribution is -0.136. The van der Waals surface area contributed by atoms with Crippen LogP contribution in [0, 0.1) is 0 Å². The number of Topliss-reactive ketones (excluding diaryl/α,β-unsaturated/α-hetero) is 1. The molecule has 192 valence electrons. The normalized spacial score (nSPS) is 16.9. The lowest BCUT2D eigenvalue weighted by atomic mass is 10.0. The average Bonchev–Trinajstić information content (AvgIpc) is 3.12. The van der Waals surface area contributed by atoms with Crippen molar-refractivity contribution in [1.29, 1.82) is 0 Å². The Morgan fingerprint density at radius 2 is 1.70 bits per heavy atom. The molecular formula is C27H27N3O7. The number of hydrogen-bond acceptors (Lipinski definition) is 7. The Hall–Kier alpha value is -4.34. The molecule has 10 heteroatoms. The van der Waals surface area contributed by atoms with Gasteiger partial charge in [0.1, 0.15) is 11.8 Å². The first kappa shape index (κ1) is 25.7. The molecule has 0 aromatic heterocycles. The van der Waals surface area contributed by atoms with E-state index in [-0.39, 0.29) is 36.3 Å². The van der Waals surface area contributed by atoms with Crippen molar-refractivity contribution in [1.82, 2.24) is 15.5 Å². The molecule has 0 bridgehead atoms. The second-order valence-corrected chi connectivity index (χ2v) is 8.98. The van der Waals surface area contributed by atoms with E-state index >= 15 is 0 Å². The minimum atomic E-state index is -0.985. The Morgan fingerprint density at radius 1 is 0.946 bits per heavy atom. The number of rotatable bonds is 10. The highest BCUT2D eigenvalue weighted by molar-refractivity contribution is 6.23. The molecule has 10 nitrogen and oxygen atoms in total. The molecule has 1 unspecified atom stereocenters. The number of aryl methyl sites for hydroxylation is 1. The van der Waals surface area contributed by atoms with Crippen LogP contribution in [-0.4, -0.2) is 53.0 Å². The van der Waals surface area contributed by atoms with Crippen LogP contribution in [-0.2, 0) is 20.8 Å². The van der Waals surface area contributed by atoms with Gasteiger partial charge in [0.05, 0.1) is 17.7 Å². The number of amides is 5. The average molecular weight is 506 g/mol. The summed E-state index contributed by atoms with van der Waals surface area (Å²) in [7, 11) is 0. The zero-order chi connectivity index (χ0) is 26.4. The van der Waals surface area contributed by atoms with Crippen LogP contribution >= 0.6 is 0 Å². The summed E-state index contributed by atoms with van der Waals surface area (Å²) in [5.41, 5.74) is 1.39. The molecule has 1 atom stereocenters. The Balaban J connectivity index is 1.19. The molecule has 4 rings (SSSR count). The molecule has 2 aromatic carbocycles. The third-order valence-electron chi connectivity index (χ3n) is 6.31. The molecule has 1 fully saturated rings. The van der Waals surface area contributed by atoms with Gasteiger partial charge in [-0.3, -0.25) is 34.2 Å². The lowest BCUT2D eigenvalue weighted by Crippen LogP contribution is -2.54. The summed E-state index contributed by atoms with van der Waals surface area (Å²) in [4.78, 5) is 74.0. The number of imide groups is 2. The van der Waals surface area contributed by atoms with E-state index in [1.165, 1.54) is 0 Å². The van der Waals surface area contributed by atoms with E-state index in [1.807, 2.05) is 0 Å². The number of carbonyl (C=O) groups excluding carboxylic acids is 6. The number of nitrogens with one attached hydrogen (secondary N) is 2. The van der Waals surface area contributed by atoms with Gasteiger partial charge in [0.2, 0.25) is 11.8 Å². The molecule has 0 spiro atoms. The Labute approximate surface area is 213 Å². The van der Waals surface area contributed by atoms with Crippen molar-refractivity contribution in [2.45, 2.75) is 51.0 Å². The third kappa shape index (κ3) is 6.27. The number of ketones is 1. The van der Waals surface area contributed by atoms with Crippen molar-refractivity contribution in [3.8, 4) is 5.75 Å². The van der Waals surface area contributed by atoms with E-state index in [1.54, 1.807) is 48.5 Å². The third-order valence-corrected chi connectivity index (χ3v) is 6.31. The molecule has 2 aliphatic rings. The highest BCUT2D eigenvalue weighted by Crippen LogP contribution is 2.28. The van der Waals surface area contributed by atoms with Gasteiger partial charge in [-0.15, -0.1) is 0 Å². The maximum Gasteiger partial charge on any atom is 0.412 e. The molecule has 2 aromatic rings. The number of carbonyl (C=O) groups is 6. The topological polar surface area (TPSA) is 139 Å². The van der Waals surface area contributed by atoms with Gasteiger partial charge in [-0.25, -0.2) is 4.79 Å². The summed E-state index contributed by atoms with van der Waals surface area (Å²) in [5, 5.41) is 4.63. The van der Waals surface area contributed by atoms with E-state index in [4.69, 9.17) is 4.74 Å². The van der Waals surface area contributed by atoms with Crippen molar-refractivity contribution in [3.05, 3.63) is 65.2 Å². The van der Waals surface area contributed by atoms with Crippen LogP contribution in [0.15, 0.2) is 48.5 Å². The summed E-state index contributed by atoms with van der Waals surface area (Å²) in [6.45, 7) is -0.101. The van der Waals surface area contributed by atoms with Crippen LogP contribution in [0.25, 0.3) is 0 Å². The Bertz CT molecular complexity index is 1240. The maximum absolute atomic E-state index is 12.9. The van der Waals surface area contributed by atoms with E-state index in [9.17, 15) is 28.8 Å². The largest absolute Gasteiger partial charge is 0.412 e. The van der Waals surface area contributed by atoms with E-state index in [2.05, 4.69) is 10.6 Å². The fourth-order valence-corrected chi connectivity index (χ4v) is 4.39. The summed E-state index contributed by atoms with van der Waals surface area (Å²) < 4.78 is 5.07. The van der Waals surface area contributed by atoms with Crippen LogP contribution in [0.2, 0.25) is 0 Å². The summed E-state index contributed by atoms with van der Waals surface area (Å²) in [5.74, 6) is -1.80. The fraction of sp³-hybridized carbons (Fsp3) is 0.333. The van der Waals surface area contributed by atoms with Crippen molar-refractivity contribution >= 4 is 35.5 Å². The molecule has 2 N–H and O–H groups in total. The van der Waals surface area contributed by atoms with Gasteiger partial charge >= 0.3 is 6.09 Å². The number of benzene rings is 2. The Morgan fingerprint density at radius 3 is 2.46 bits per heavy atom. The first-order valence-corrected chi connectivity index (χ1v) is 12.2. The molecule has 5 amide bonds. The first-order chi connectivity index (χ1) is 17.8. The number of piperidine rings is 1. The van der Waals surface area contributed by atoms with Gasteiger partial charge in [0.15, 0.2) is 5.78 Å². The minimum Gasteiger partial charge on any atom is -0.410 e. The van der Waals surface area contributed by atoms with Crippen molar-refractivity contribution in [2.75, 3.05) is 6.54 Å². The molecule has 0 aliphatic carbocycles. The minimum absolute atomic E-state index is 0.0748. The Kier molecular flexibility index (Phi) is 8.07. The molecule has 1 saturated heterocycles. The molecule has 37 heavy (non-hydrogen) atoms. The predicted molar refractivity (Wildman–Crippen MR) is 131 cm³/mol. The predicted octanol–water partition coefficient (Wildman–Crippen LogP) is 2.55. The molecule has 2 heterocycles. The van der Waals surface area contributed by atoms with Crippen molar-refractivity contribution < 1.29 is 33.5 Å². The second-order valence-electron chi connectivity index (χ2n) is 8.98. The van der Waals surface area contributed by atoms with Crippen LogP contribution in [0.1, 0.15) is 64.8 Å². The van der Waals surface area contributed by atoms with Crippen LogP contribution in [0.3, 0.4) is 0 Å². The molecule has 2 aliphatic heterocycles. The SMILES string of the molecule is O=C(CCCCCc1ccc2c(c1)C(=O)N(C1CCC(=O)NC1=O)C2=O)CNC(=O)Oc1ccccc1. The smallest absolute Gasteiger partial charge is 0.410 e. The maximum atomic E-state index is 12.9. The molecule has 0 radical (unpaired) electrons. The highest BCUT2D eigenvalue weighted by Gasteiger charge is 2.44. The summed E-state index contributed by atoms with van der Waals surface area (Å²) in [6.07, 6.45) is 2.69. The number of hydrogen-bond donors (Lipinski definition) is 2. The van der Waals surface area contributed by atoms with Crippen LogP contribution in [0.5, 0.6) is 5.75 Å². The zero-order valence-corrected chi connectivity index (χ0v) is 20.2. The van der Waals surface area contributed by atoms with Gasteiger partial charge in [0.25, 0.3) is 11.8 Å². The van der Waals surface area contributed by atoms with E-state index < -0.39 is 35.8 Å². The zero-order valence-electron chi connectivity index (χ0n) is 20.2. The van der Waals surface area contributed by atoms with Crippen molar-refractivity contribution in [3.63, 3.8) is 0 Å². The van der Waals surface area contributed by atoms with Gasteiger partial charge in [-0.2, -0.15) is 0 Å². The lowest BCUT2D eigenvalue weighted by Gasteiger charge is -2.27. The van der Waals surface area contributed by atoms with Gasteiger partial charge in [0, 0.05) is 12.8 Å². The number of ether oxygens (including phenoxy) is 1. The second kappa shape index (κ2) is 11.6. The van der Waals surface area contributed by atoms with Crippen LogP contribution in [0.4, 0.5) is 4.79 Å². The summed E-state index contributed by atoms with van der Waals surface area (Å²) >= 11 is 0. The molecule has 0 saturated carbocycles. The van der Waals surface area contributed by atoms with Gasteiger partial charge in [-0.05, 0) is 55.5 Å². The van der Waals surface area contributed by atoms with E-state index in [0.717, 1.165) is 23.3 Å². The number of unbranched alkanes of at least 4 members (excludes halogenated alkanes) is 2. The monoisotopic (exact) mass is 505 g/mol. The fourth-order valence-electron chi connectivity index (χ4n) is 4.39. The first-order valence-electron chi connectivity index (χ1n) is 12.2. The summed E-state index contributed by atoms with van der Waals surface area (Å²) in [6, 6.07) is 12.6. The quantitative estimate of drug-likeness (QED) is 0.374.